The Morgan fingerprint density at radius 3 is 2.20 bits per heavy atom. The molecule has 9 heteroatoms. The summed E-state index contributed by atoms with van der Waals surface area (Å²) in [4.78, 5) is 12.4. The van der Waals surface area contributed by atoms with Crippen LogP contribution in [0.5, 0.6) is 17.2 Å². The van der Waals surface area contributed by atoms with Crippen molar-refractivity contribution in [2.24, 2.45) is 0 Å². The number of Topliss-reactive ketones (excluding diaryl/α,β-unsaturated/α-hetero) is 1. The molecule has 0 amide bonds. The number of carbonyl (C=O) groups excluding carboxylic acids is 1. The van der Waals surface area contributed by atoms with Crippen molar-refractivity contribution in [1.82, 2.24) is 0 Å². The largest absolute Gasteiger partial charge is 0.502 e. The van der Waals surface area contributed by atoms with E-state index >= 15 is 0 Å². The molecule has 0 fully saturated rings. The second-order valence-electron chi connectivity index (χ2n) is 5.21. The highest BCUT2D eigenvalue weighted by molar-refractivity contribution is 6.02. The van der Waals surface area contributed by atoms with Crippen molar-refractivity contribution >= 4 is 5.78 Å². The zero-order valence-corrected chi connectivity index (χ0v) is 12.5. The molecule has 0 radical (unpaired) electrons. The summed E-state index contributed by atoms with van der Waals surface area (Å²) in [5, 5.41) is 9.93. The molecule has 0 saturated heterocycles. The average Bonchev–Trinajstić information content (AvgIpc) is 3.03. The quantitative estimate of drug-likeness (QED) is 0.394. The lowest BCUT2D eigenvalue weighted by Gasteiger charge is -2.12. The number of methoxy groups -OCH3 is 1. The minimum absolute atomic E-state index is 0.0306. The van der Waals surface area contributed by atoms with Crippen molar-refractivity contribution in [3.63, 3.8) is 0 Å². The van der Waals surface area contributed by atoms with Crippen molar-refractivity contribution in [3.8, 4) is 17.2 Å². The van der Waals surface area contributed by atoms with Gasteiger partial charge in [0.2, 0.25) is 11.6 Å². The minimum atomic E-state index is -2.35. The number of hydrogen-bond acceptors (Lipinski definition) is 4. The predicted molar refractivity (Wildman–Crippen MR) is 73.5 cm³/mol. The molecule has 2 aromatic carbocycles. The van der Waals surface area contributed by atoms with Gasteiger partial charge < -0.3 is 14.6 Å². The third-order valence-corrected chi connectivity index (χ3v) is 3.89. The van der Waals surface area contributed by atoms with Crippen molar-refractivity contribution < 1.29 is 41.3 Å². The van der Waals surface area contributed by atoms with Crippen molar-refractivity contribution in [1.29, 1.82) is 0 Å². The van der Waals surface area contributed by atoms with Crippen LogP contribution in [0, 0.1) is 29.1 Å². The highest BCUT2D eigenvalue weighted by Gasteiger charge is 2.39. The number of hydrogen-bond donors (Lipinski definition) is 1. The second kappa shape index (κ2) is 5.91. The molecule has 2 aromatic rings. The van der Waals surface area contributed by atoms with Crippen LogP contribution in [-0.4, -0.2) is 24.6 Å². The van der Waals surface area contributed by atoms with Gasteiger partial charge in [0.1, 0.15) is 6.61 Å². The first-order chi connectivity index (χ1) is 11.8. The van der Waals surface area contributed by atoms with Crippen LogP contribution in [0.15, 0.2) is 12.1 Å². The molecule has 0 aliphatic carbocycles. The van der Waals surface area contributed by atoms with E-state index in [1.807, 2.05) is 0 Å². The van der Waals surface area contributed by atoms with Crippen LogP contribution in [0.25, 0.3) is 0 Å². The monoisotopic (exact) mass is 360 g/mol. The molecule has 0 spiro atoms. The molecule has 1 aliphatic rings. The third kappa shape index (κ3) is 2.38. The fraction of sp³-hybridized carbons (Fsp3) is 0.188. The first-order valence-electron chi connectivity index (χ1n) is 6.87. The maximum absolute atomic E-state index is 13.8. The Hall–Kier alpha value is -2.84. The zero-order valence-electron chi connectivity index (χ0n) is 12.5. The summed E-state index contributed by atoms with van der Waals surface area (Å²) in [6.07, 6.45) is 0. The van der Waals surface area contributed by atoms with Gasteiger partial charge in [-0.2, -0.15) is 0 Å². The Labute approximate surface area is 137 Å². The number of phenols is 1. The first-order valence-corrected chi connectivity index (χ1v) is 6.87. The van der Waals surface area contributed by atoms with Gasteiger partial charge in [-0.3, -0.25) is 4.79 Å². The summed E-state index contributed by atoms with van der Waals surface area (Å²) in [6.45, 7) is -0.436. The smallest absolute Gasteiger partial charge is 0.201 e. The van der Waals surface area contributed by atoms with Gasteiger partial charge >= 0.3 is 0 Å². The molecule has 1 unspecified atom stereocenters. The van der Waals surface area contributed by atoms with Crippen molar-refractivity contribution in [3.05, 3.63) is 52.3 Å². The van der Waals surface area contributed by atoms with E-state index in [-0.39, 0.29) is 17.1 Å². The summed E-state index contributed by atoms with van der Waals surface area (Å²) >= 11 is 0. The van der Waals surface area contributed by atoms with E-state index in [4.69, 9.17) is 9.47 Å². The summed E-state index contributed by atoms with van der Waals surface area (Å²) in [6, 6.07) is 2.58. The van der Waals surface area contributed by atoms with E-state index in [1.54, 1.807) is 0 Å². The topological polar surface area (TPSA) is 55.8 Å². The average molecular weight is 360 g/mol. The van der Waals surface area contributed by atoms with Gasteiger partial charge in [0, 0.05) is 5.56 Å². The molecule has 25 heavy (non-hydrogen) atoms. The molecule has 132 valence electrons. The Morgan fingerprint density at radius 2 is 1.64 bits per heavy atom. The number of carbonyl (C=O) groups is 1. The molecular weight excluding hydrogens is 351 g/mol. The Kier molecular flexibility index (Phi) is 4.02. The van der Waals surface area contributed by atoms with E-state index in [9.17, 15) is 31.9 Å². The number of ketones is 1. The van der Waals surface area contributed by atoms with Crippen LogP contribution < -0.4 is 9.47 Å². The van der Waals surface area contributed by atoms with Crippen LogP contribution >= 0.6 is 0 Å². The third-order valence-electron chi connectivity index (χ3n) is 3.89. The number of benzene rings is 2. The number of fused-ring (bicyclic) bond motifs is 1. The minimum Gasteiger partial charge on any atom is -0.502 e. The van der Waals surface area contributed by atoms with E-state index in [2.05, 4.69) is 0 Å². The van der Waals surface area contributed by atoms with Crippen LogP contribution in [0.2, 0.25) is 0 Å². The summed E-state index contributed by atoms with van der Waals surface area (Å²) < 4.78 is 77.4. The number of ether oxygens (including phenoxy) is 2. The zero-order chi connectivity index (χ0) is 18.5. The van der Waals surface area contributed by atoms with Gasteiger partial charge in [0.15, 0.2) is 40.6 Å². The molecule has 0 aromatic heterocycles. The van der Waals surface area contributed by atoms with Crippen LogP contribution in [0.3, 0.4) is 0 Å². The molecule has 1 aliphatic heterocycles. The van der Waals surface area contributed by atoms with Gasteiger partial charge in [0.05, 0.1) is 18.6 Å². The van der Waals surface area contributed by atoms with E-state index in [1.165, 1.54) is 19.2 Å². The normalized spacial score (nSPS) is 15.7. The number of rotatable bonds is 3. The highest BCUT2D eigenvalue weighted by Crippen LogP contribution is 2.47. The van der Waals surface area contributed by atoms with Gasteiger partial charge in [-0.05, 0) is 6.07 Å². The standard InChI is InChI=1S/C16H9F5O4/c1-24-7-3-2-5-6(4-25-16(5)15(7)23)14(22)8-9(17)11(19)13(21)12(20)10(8)18/h2-3,6,23H,4H2,1H3. The van der Waals surface area contributed by atoms with E-state index < -0.39 is 58.7 Å². The van der Waals surface area contributed by atoms with Crippen LogP contribution in [-0.2, 0) is 0 Å². The highest BCUT2D eigenvalue weighted by atomic mass is 19.2. The van der Waals surface area contributed by atoms with E-state index in [0.717, 1.165) is 0 Å². The summed E-state index contributed by atoms with van der Waals surface area (Å²) in [5.74, 6) is -14.5. The Balaban J connectivity index is 2.11. The van der Waals surface area contributed by atoms with Gasteiger partial charge in [-0.15, -0.1) is 0 Å². The molecular formula is C16H9F5O4. The SMILES string of the molecule is COc1ccc2c(c1O)OCC2C(=O)c1c(F)c(F)c(F)c(F)c1F. The van der Waals surface area contributed by atoms with Crippen molar-refractivity contribution in [2.45, 2.75) is 5.92 Å². The lowest BCUT2D eigenvalue weighted by atomic mass is 9.91. The summed E-state index contributed by atoms with van der Waals surface area (Å²) in [7, 11) is 1.27. The van der Waals surface area contributed by atoms with Crippen LogP contribution in [0.1, 0.15) is 21.8 Å². The number of aromatic hydroxyl groups is 1. The first kappa shape index (κ1) is 17.0. The summed E-state index contributed by atoms with van der Waals surface area (Å²) in [5.41, 5.74) is -1.50. The molecule has 0 bridgehead atoms. The fourth-order valence-electron chi connectivity index (χ4n) is 2.63. The number of halogens is 5. The van der Waals surface area contributed by atoms with E-state index in [0.29, 0.717) is 0 Å². The molecule has 3 rings (SSSR count). The molecule has 1 heterocycles. The molecule has 4 nitrogen and oxygen atoms in total. The lowest BCUT2D eigenvalue weighted by molar-refractivity contribution is 0.0935. The maximum atomic E-state index is 13.8. The van der Waals surface area contributed by atoms with Gasteiger partial charge in [-0.1, -0.05) is 6.07 Å². The van der Waals surface area contributed by atoms with Crippen LogP contribution in [0.4, 0.5) is 22.0 Å². The predicted octanol–water partition coefficient (Wildman–Crippen LogP) is 3.46. The number of phenolic OH excluding ortho intramolecular Hbond substituents is 1. The maximum Gasteiger partial charge on any atom is 0.201 e. The Morgan fingerprint density at radius 1 is 1.08 bits per heavy atom. The molecule has 0 saturated carbocycles. The molecule has 1 atom stereocenters. The lowest BCUT2D eigenvalue weighted by Crippen LogP contribution is -2.20. The Bertz CT molecular complexity index is 868. The van der Waals surface area contributed by atoms with Crippen molar-refractivity contribution in [2.75, 3.05) is 13.7 Å². The molecule has 1 N–H and O–H groups in total. The van der Waals surface area contributed by atoms with Gasteiger partial charge in [0.25, 0.3) is 0 Å². The van der Waals surface area contributed by atoms with Gasteiger partial charge in [-0.25, -0.2) is 22.0 Å². The fourth-order valence-corrected chi connectivity index (χ4v) is 2.63. The second-order valence-corrected chi connectivity index (χ2v) is 5.21.